The third-order valence-corrected chi connectivity index (χ3v) is 6.56. The molecule has 4 heteroatoms. The lowest BCUT2D eigenvalue weighted by atomic mass is 9.93. The van der Waals surface area contributed by atoms with E-state index in [1.165, 1.54) is 62.7 Å². The van der Waals surface area contributed by atoms with Crippen molar-refractivity contribution in [2.24, 2.45) is 0 Å². The molecule has 1 atom stereocenters. The van der Waals surface area contributed by atoms with Crippen LogP contribution in [0.5, 0.6) is 5.75 Å². The number of rotatable bonds is 8. The van der Waals surface area contributed by atoms with E-state index < -0.39 is 0 Å². The van der Waals surface area contributed by atoms with Crippen molar-refractivity contribution in [3.63, 3.8) is 0 Å². The van der Waals surface area contributed by atoms with Gasteiger partial charge < -0.3 is 10.1 Å². The Morgan fingerprint density at radius 2 is 1.83 bits per heavy atom. The maximum absolute atomic E-state index is 5.23. The summed E-state index contributed by atoms with van der Waals surface area (Å²) >= 11 is 0. The zero-order chi connectivity index (χ0) is 19.9. The van der Waals surface area contributed by atoms with Crippen LogP contribution in [0.4, 0.5) is 5.82 Å². The topological polar surface area (TPSA) is 37.4 Å². The van der Waals surface area contributed by atoms with Gasteiger partial charge in [-0.05, 0) is 74.9 Å². The predicted molar refractivity (Wildman–Crippen MR) is 120 cm³/mol. The van der Waals surface area contributed by atoms with Crippen molar-refractivity contribution in [1.82, 2.24) is 9.88 Å². The number of aromatic nitrogens is 1. The van der Waals surface area contributed by atoms with E-state index in [9.17, 15) is 0 Å². The largest absolute Gasteiger partial charge is 0.497 e. The van der Waals surface area contributed by atoms with Gasteiger partial charge in [-0.15, -0.1) is 0 Å². The highest BCUT2D eigenvalue weighted by Gasteiger charge is 2.33. The summed E-state index contributed by atoms with van der Waals surface area (Å²) in [6, 6.07) is 16.2. The summed E-state index contributed by atoms with van der Waals surface area (Å²) in [7, 11) is 1.71. The Balaban J connectivity index is 1.30. The normalized spacial score (nSPS) is 20.7. The monoisotopic (exact) mass is 393 g/mol. The maximum Gasteiger partial charge on any atom is 0.126 e. The van der Waals surface area contributed by atoms with Gasteiger partial charge in [0.1, 0.15) is 11.6 Å². The molecule has 2 heterocycles. The first-order valence-electron chi connectivity index (χ1n) is 11.4. The predicted octanol–water partition coefficient (Wildman–Crippen LogP) is 5.60. The van der Waals surface area contributed by atoms with Gasteiger partial charge in [0, 0.05) is 12.6 Å². The van der Waals surface area contributed by atoms with Gasteiger partial charge in [-0.1, -0.05) is 37.5 Å². The molecule has 156 valence electrons. The van der Waals surface area contributed by atoms with Crippen LogP contribution in [-0.4, -0.2) is 36.1 Å². The minimum Gasteiger partial charge on any atom is -0.497 e. The molecule has 0 radical (unpaired) electrons. The van der Waals surface area contributed by atoms with Crippen molar-refractivity contribution in [1.29, 1.82) is 0 Å². The van der Waals surface area contributed by atoms with Crippen molar-refractivity contribution in [3.8, 4) is 5.75 Å². The van der Waals surface area contributed by atoms with E-state index in [0.29, 0.717) is 6.04 Å². The number of ether oxygens (including phenoxy) is 1. The minimum atomic E-state index is 0.513. The van der Waals surface area contributed by atoms with Gasteiger partial charge in [-0.25, -0.2) is 4.98 Å². The molecule has 2 aliphatic rings. The summed E-state index contributed by atoms with van der Waals surface area (Å²) < 4.78 is 5.23. The summed E-state index contributed by atoms with van der Waals surface area (Å²) in [5.74, 6) is 1.94. The average Bonchev–Trinajstić information content (AvgIpc) is 3.28. The standard InChI is InChI=1S/C25H35N3O/c1-29-22-16-14-20(15-17-22)8-6-18-26-25-13-5-11-23(27-25)24-12-7-19-28(24)21-9-3-2-4-10-21/h5,11,13-17,21,24H,2-4,6-10,12,18-19H2,1H3,(H,26,27). The fourth-order valence-electron chi connectivity index (χ4n) is 4.99. The van der Waals surface area contributed by atoms with Crippen LogP contribution in [0.15, 0.2) is 42.5 Å². The summed E-state index contributed by atoms with van der Waals surface area (Å²) in [5, 5.41) is 3.54. The van der Waals surface area contributed by atoms with Crippen LogP contribution < -0.4 is 10.1 Å². The average molecular weight is 394 g/mol. The van der Waals surface area contributed by atoms with Gasteiger partial charge in [-0.3, -0.25) is 4.90 Å². The number of nitrogens with zero attached hydrogens (tertiary/aromatic N) is 2. The van der Waals surface area contributed by atoms with Crippen molar-refractivity contribution in [2.45, 2.75) is 69.9 Å². The Morgan fingerprint density at radius 1 is 1.00 bits per heavy atom. The molecule has 2 fully saturated rings. The Morgan fingerprint density at radius 3 is 2.62 bits per heavy atom. The fraction of sp³-hybridized carbons (Fsp3) is 0.560. The number of aryl methyl sites for hydroxylation is 1. The van der Waals surface area contributed by atoms with Crippen LogP contribution in [0.2, 0.25) is 0 Å². The van der Waals surface area contributed by atoms with Crippen molar-refractivity contribution in [2.75, 3.05) is 25.5 Å². The first-order chi connectivity index (χ1) is 14.3. The van der Waals surface area contributed by atoms with Crippen LogP contribution in [0.3, 0.4) is 0 Å². The van der Waals surface area contributed by atoms with Gasteiger partial charge in [0.05, 0.1) is 18.8 Å². The molecule has 4 nitrogen and oxygen atoms in total. The number of benzene rings is 1. The van der Waals surface area contributed by atoms with Crippen LogP contribution >= 0.6 is 0 Å². The van der Waals surface area contributed by atoms with Crippen molar-refractivity contribution < 1.29 is 4.74 Å². The number of anilines is 1. The highest BCUT2D eigenvalue weighted by Crippen LogP contribution is 2.37. The first kappa shape index (κ1) is 20.2. The summed E-state index contributed by atoms with van der Waals surface area (Å²) in [6.45, 7) is 2.19. The molecule has 4 rings (SSSR count). The second-order valence-corrected chi connectivity index (χ2v) is 8.51. The molecule has 1 aliphatic heterocycles. The number of methoxy groups -OCH3 is 1. The van der Waals surface area contributed by atoms with Gasteiger partial charge in [-0.2, -0.15) is 0 Å². The van der Waals surface area contributed by atoms with E-state index >= 15 is 0 Å². The van der Waals surface area contributed by atoms with E-state index in [0.717, 1.165) is 37.0 Å². The van der Waals surface area contributed by atoms with Crippen molar-refractivity contribution in [3.05, 3.63) is 53.7 Å². The number of hydrogen-bond donors (Lipinski definition) is 1. The van der Waals surface area contributed by atoms with Crippen LogP contribution in [0.1, 0.15) is 68.7 Å². The van der Waals surface area contributed by atoms with E-state index in [-0.39, 0.29) is 0 Å². The van der Waals surface area contributed by atoms with Crippen LogP contribution in [0, 0.1) is 0 Å². The third-order valence-electron chi connectivity index (χ3n) is 6.56. The lowest BCUT2D eigenvalue weighted by molar-refractivity contribution is 0.140. The molecule has 0 bridgehead atoms. The third kappa shape index (κ3) is 5.30. The second-order valence-electron chi connectivity index (χ2n) is 8.51. The van der Waals surface area contributed by atoms with Crippen LogP contribution in [-0.2, 0) is 6.42 Å². The molecular weight excluding hydrogens is 358 g/mol. The molecule has 1 aromatic heterocycles. The number of hydrogen-bond acceptors (Lipinski definition) is 4. The molecule has 0 spiro atoms. The molecule has 1 unspecified atom stereocenters. The maximum atomic E-state index is 5.23. The lowest BCUT2D eigenvalue weighted by Gasteiger charge is -2.35. The Labute approximate surface area is 175 Å². The zero-order valence-electron chi connectivity index (χ0n) is 17.8. The quantitative estimate of drug-likeness (QED) is 0.592. The fourth-order valence-corrected chi connectivity index (χ4v) is 4.99. The van der Waals surface area contributed by atoms with Gasteiger partial charge >= 0.3 is 0 Å². The summed E-state index contributed by atoms with van der Waals surface area (Å²) in [4.78, 5) is 7.76. The molecule has 1 saturated carbocycles. The molecule has 1 aromatic carbocycles. The second kappa shape index (κ2) is 10.1. The van der Waals surface area contributed by atoms with Gasteiger partial charge in [0.25, 0.3) is 0 Å². The minimum absolute atomic E-state index is 0.513. The molecular formula is C25H35N3O. The van der Waals surface area contributed by atoms with E-state index in [1.807, 2.05) is 12.1 Å². The Bertz CT molecular complexity index is 755. The van der Waals surface area contributed by atoms with Crippen LogP contribution in [0.25, 0.3) is 0 Å². The number of likely N-dealkylation sites (tertiary alicyclic amines) is 1. The first-order valence-corrected chi connectivity index (χ1v) is 11.4. The number of nitrogens with one attached hydrogen (secondary N) is 1. The lowest BCUT2D eigenvalue weighted by Crippen LogP contribution is -2.36. The Kier molecular flexibility index (Phi) is 7.04. The molecule has 2 aromatic rings. The molecule has 0 amide bonds. The smallest absolute Gasteiger partial charge is 0.126 e. The Hall–Kier alpha value is -2.07. The molecule has 1 N–H and O–H groups in total. The highest BCUT2D eigenvalue weighted by atomic mass is 16.5. The summed E-state index contributed by atoms with van der Waals surface area (Å²) in [5.41, 5.74) is 2.61. The van der Waals surface area contributed by atoms with Crippen molar-refractivity contribution >= 4 is 5.82 Å². The SMILES string of the molecule is COc1ccc(CCCNc2cccc(C3CCCN3C3CCCCC3)n2)cc1. The highest BCUT2D eigenvalue weighted by molar-refractivity contribution is 5.36. The van der Waals surface area contributed by atoms with Gasteiger partial charge in [0.15, 0.2) is 0 Å². The van der Waals surface area contributed by atoms with Gasteiger partial charge in [0.2, 0.25) is 0 Å². The number of pyridine rings is 1. The van der Waals surface area contributed by atoms with E-state index in [1.54, 1.807) is 7.11 Å². The molecule has 1 saturated heterocycles. The van der Waals surface area contributed by atoms with E-state index in [4.69, 9.17) is 9.72 Å². The summed E-state index contributed by atoms with van der Waals surface area (Å²) in [6.07, 6.45) is 11.7. The molecule has 1 aliphatic carbocycles. The molecule has 29 heavy (non-hydrogen) atoms. The zero-order valence-corrected chi connectivity index (χ0v) is 17.8. The van der Waals surface area contributed by atoms with E-state index in [2.05, 4.69) is 40.5 Å².